The zero-order chi connectivity index (χ0) is 41.6. The van der Waals surface area contributed by atoms with Gasteiger partial charge < -0.3 is 25.0 Å². The highest BCUT2D eigenvalue weighted by Gasteiger charge is 2.75. The number of hydrogen-bond acceptors (Lipinski definition) is 7. The molecule has 0 bridgehead atoms. The third kappa shape index (κ3) is 6.96. The Hall–Kier alpha value is -2.58. The molecule has 6 fully saturated rings. The predicted molar refractivity (Wildman–Crippen MR) is 229 cm³/mol. The second-order valence-electron chi connectivity index (χ2n) is 22.7. The van der Waals surface area contributed by atoms with Crippen molar-refractivity contribution in [3.63, 3.8) is 0 Å². The molecule has 0 aromatic carbocycles. The fraction of sp³-hybridized carbons (Fsp3) is 0.796. The number of allylic oxidation sites excluding steroid dienone is 3. The van der Waals surface area contributed by atoms with Gasteiger partial charge in [-0.3, -0.25) is 9.69 Å². The lowest BCUT2D eigenvalue weighted by molar-refractivity contribution is -0.255. The topological polar surface area (TPSA) is 105 Å². The summed E-state index contributed by atoms with van der Waals surface area (Å²) in [5.74, 6) is 3.96. The van der Waals surface area contributed by atoms with Gasteiger partial charge in [0.1, 0.15) is 11.9 Å². The van der Waals surface area contributed by atoms with E-state index in [4.69, 9.17) is 15.0 Å². The molecule has 8 heteroatoms. The molecule has 10 atom stereocenters. The maximum Gasteiger partial charge on any atom is 0.223 e. The van der Waals surface area contributed by atoms with Crippen LogP contribution in [0, 0.1) is 63.1 Å². The average Bonchev–Trinajstić information content (AvgIpc) is 3.70. The summed E-state index contributed by atoms with van der Waals surface area (Å²) < 4.78 is 12.1. The van der Waals surface area contributed by atoms with Gasteiger partial charge in [-0.1, -0.05) is 78.9 Å². The van der Waals surface area contributed by atoms with Gasteiger partial charge in [-0.05, 0) is 129 Å². The van der Waals surface area contributed by atoms with E-state index in [-0.39, 0.29) is 55.8 Å². The Morgan fingerprint density at radius 2 is 1.63 bits per heavy atom. The van der Waals surface area contributed by atoms with E-state index in [0.717, 1.165) is 101 Å². The van der Waals surface area contributed by atoms with Crippen molar-refractivity contribution in [3.05, 3.63) is 54.3 Å². The fourth-order valence-corrected chi connectivity index (χ4v) is 15.6. The van der Waals surface area contributed by atoms with Crippen molar-refractivity contribution in [2.24, 2.45) is 61.9 Å². The number of amides is 1. The molecular formula is C49H78N4O4. The van der Waals surface area contributed by atoms with Crippen molar-refractivity contribution in [3.8, 4) is 0 Å². The molecule has 1 saturated heterocycles. The van der Waals surface area contributed by atoms with Gasteiger partial charge in [0.2, 0.25) is 5.91 Å². The quantitative estimate of drug-likeness (QED) is 0.170. The maximum atomic E-state index is 14.4. The van der Waals surface area contributed by atoms with Gasteiger partial charge in [0.25, 0.3) is 0 Å². The third-order valence-corrected chi connectivity index (χ3v) is 18.4. The molecule has 318 valence electrons. The lowest BCUT2D eigenvalue weighted by atomic mass is 9.30. The highest BCUT2D eigenvalue weighted by molar-refractivity contribution is 5.77. The normalized spacial score (nSPS) is 40.3. The highest BCUT2D eigenvalue weighted by atomic mass is 16.5. The number of ether oxygens (including phenoxy) is 1. The van der Waals surface area contributed by atoms with Crippen LogP contribution in [0.25, 0.3) is 0 Å². The van der Waals surface area contributed by atoms with Crippen LogP contribution >= 0.6 is 0 Å². The molecule has 0 radical (unpaired) electrons. The number of aromatic nitrogens is 1. The Balaban J connectivity index is 1.09. The number of piperazine rings is 1. The van der Waals surface area contributed by atoms with E-state index in [2.05, 4.69) is 90.1 Å². The van der Waals surface area contributed by atoms with Crippen LogP contribution in [0.5, 0.6) is 0 Å². The molecule has 5 aliphatic carbocycles. The van der Waals surface area contributed by atoms with Gasteiger partial charge >= 0.3 is 0 Å². The number of rotatable bonds is 11. The minimum atomic E-state index is -0.352. The summed E-state index contributed by atoms with van der Waals surface area (Å²) >= 11 is 0. The van der Waals surface area contributed by atoms with Crippen LogP contribution in [0.15, 0.2) is 47.4 Å². The van der Waals surface area contributed by atoms with Crippen LogP contribution in [0.3, 0.4) is 0 Å². The molecule has 6 aliphatic rings. The molecule has 2 heterocycles. The van der Waals surface area contributed by atoms with E-state index in [9.17, 15) is 9.90 Å². The second kappa shape index (κ2) is 14.6. The molecule has 0 spiro atoms. The number of aryl methyl sites for hydroxylation is 1. The van der Waals surface area contributed by atoms with Crippen LogP contribution in [-0.2, 0) is 16.1 Å². The second-order valence-corrected chi connectivity index (χ2v) is 22.7. The molecule has 1 aliphatic heterocycles. The molecular weight excluding hydrogens is 709 g/mol. The van der Waals surface area contributed by atoms with Crippen molar-refractivity contribution in [2.75, 3.05) is 26.2 Å². The average molecular weight is 787 g/mol. The SMILES string of the molecule is C=C(O)CC(C)(C)CC(=C)O[C@H]1CC[C@]2(C)[C@H]3CCC4(N)[C@H]5[C@H](C(=C)C)CC[C@]5(CC(=O)N5CCN(Cc6cc(C)on6)CC5)CC[C@@]4(C)[C@]3(C)CC[C@H]2C1(C)C. The van der Waals surface area contributed by atoms with Gasteiger partial charge in [0.15, 0.2) is 0 Å². The van der Waals surface area contributed by atoms with Crippen molar-refractivity contribution in [2.45, 2.75) is 164 Å². The predicted octanol–water partition coefficient (Wildman–Crippen LogP) is 10.5. The van der Waals surface area contributed by atoms with Crippen LogP contribution in [0.1, 0.15) is 150 Å². The summed E-state index contributed by atoms with van der Waals surface area (Å²) in [5.41, 5.74) is 10.1. The number of nitrogens with zero attached hydrogens (tertiary/aromatic N) is 3. The Morgan fingerprint density at radius 1 is 0.947 bits per heavy atom. The van der Waals surface area contributed by atoms with Crippen LogP contribution < -0.4 is 5.73 Å². The van der Waals surface area contributed by atoms with Crippen molar-refractivity contribution >= 4 is 5.91 Å². The number of hydrogen-bond donors (Lipinski definition) is 2. The molecule has 3 N–H and O–H groups in total. The van der Waals surface area contributed by atoms with Crippen molar-refractivity contribution in [1.82, 2.24) is 15.0 Å². The molecule has 5 saturated carbocycles. The van der Waals surface area contributed by atoms with Gasteiger partial charge in [0, 0.05) is 69.0 Å². The number of carbonyl (C=O) groups excluding carboxylic acids is 1. The van der Waals surface area contributed by atoms with Gasteiger partial charge in [-0.15, -0.1) is 0 Å². The summed E-state index contributed by atoms with van der Waals surface area (Å²) in [6.45, 7) is 38.0. The highest BCUT2D eigenvalue weighted by Crippen LogP contribution is 2.78. The van der Waals surface area contributed by atoms with Crippen LogP contribution in [-0.4, -0.2) is 63.8 Å². The molecule has 1 aromatic rings. The summed E-state index contributed by atoms with van der Waals surface area (Å²) in [6.07, 6.45) is 13.1. The molecule has 7 rings (SSSR count). The first-order valence-corrected chi connectivity index (χ1v) is 22.6. The number of fused-ring (bicyclic) bond motifs is 7. The smallest absolute Gasteiger partial charge is 0.223 e. The zero-order valence-electron chi connectivity index (χ0n) is 37.4. The number of nitrogens with two attached hydrogens (primary N) is 1. The van der Waals surface area contributed by atoms with Crippen LogP contribution in [0.2, 0.25) is 0 Å². The Morgan fingerprint density at radius 3 is 2.26 bits per heavy atom. The van der Waals surface area contributed by atoms with Gasteiger partial charge in [0.05, 0.1) is 17.2 Å². The van der Waals surface area contributed by atoms with E-state index in [1.807, 2.05) is 13.0 Å². The minimum absolute atomic E-state index is 0.000610. The summed E-state index contributed by atoms with van der Waals surface area (Å²) in [4.78, 5) is 19.0. The standard InChI is InChI=1S/C49H78N4O4/c1-32(2)37-13-19-48(30-41(55)53-25-23-52(24-26-53)31-36-27-34(4)57-51-36)22-21-47(12)46(11)18-14-38-44(8,9)40(56-35(5)29-43(6,7)28-33(3)54)16-17-45(38,10)39(46)15-20-49(47,50)42(37)48/h27,37-40,42,54H,1,3,5,13-26,28-31,50H2,2,4,6-12H3/t37-,38-,39+,40-,42-,45-,46+,47-,48+,49?/m0/s1. The number of aliphatic hydroxyl groups excluding tert-OH is 1. The Bertz CT molecular complexity index is 1740. The fourth-order valence-electron chi connectivity index (χ4n) is 15.6. The number of aliphatic hydroxyl groups is 1. The van der Waals surface area contributed by atoms with E-state index >= 15 is 0 Å². The van der Waals surface area contributed by atoms with E-state index in [1.54, 1.807) is 0 Å². The lowest BCUT2D eigenvalue weighted by Gasteiger charge is -2.75. The van der Waals surface area contributed by atoms with E-state index in [1.165, 1.54) is 18.4 Å². The molecule has 57 heavy (non-hydrogen) atoms. The van der Waals surface area contributed by atoms with Crippen LogP contribution in [0.4, 0.5) is 0 Å². The van der Waals surface area contributed by atoms with Crippen molar-refractivity contribution in [1.29, 1.82) is 0 Å². The first kappa shape index (κ1) is 42.5. The summed E-state index contributed by atoms with van der Waals surface area (Å²) in [6, 6.07) is 2.01. The monoisotopic (exact) mass is 787 g/mol. The molecule has 1 unspecified atom stereocenters. The van der Waals surface area contributed by atoms with E-state index < -0.39 is 0 Å². The Labute approximate surface area is 345 Å². The largest absolute Gasteiger partial charge is 0.513 e. The zero-order valence-corrected chi connectivity index (χ0v) is 37.4. The summed E-state index contributed by atoms with van der Waals surface area (Å²) in [5, 5.41) is 14.1. The first-order valence-electron chi connectivity index (χ1n) is 22.6. The summed E-state index contributed by atoms with van der Waals surface area (Å²) in [7, 11) is 0. The Kier molecular flexibility index (Phi) is 10.9. The van der Waals surface area contributed by atoms with Crippen molar-refractivity contribution < 1.29 is 19.2 Å². The number of carbonyl (C=O) groups is 1. The molecule has 1 aromatic heterocycles. The lowest BCUT2D eigenvalue weighted by Crippen LogP contribution is -2.76. The van der Waals surface area contributed by atoms with Gasteiger partial charge in [-0.25, -0.2) is 0 Å². The van der Waals surface area contributed by atoms with Gasteiger partial charge in [-0.2, -0.15) is 0 Å². The minimum Gasteiger partial charge on any atom is -0.513 e. The van der Waals surface area contributed by atoms with E-state index in [0.29, 0.717) is 42.9 Å². The molecule has 8 nitrogen and oxygen atoms in total. The third-order valence-electron chi connectivity index (χ3n) is 18.4. The molecule has 1 amide bonds. The maximum absolute atomic E-state index is 14.4. The first-order chi connectivity index (χ1) is 26.5.